The highest BCUT2D eigenvalue weighted by Gasteiger charge is 2.33. The molecule has 1 saturated heterocycles. The highest BCUT2D eigenvalue weighted by molar-refractivity contribution is 5.41. The molecule has 126 valence electrons. The van der Waals surface area contributed by atoms with Crippen LogP contribution in [0.15, 0.2) is 43.0 Å². The number of nitrogens with one attached hydrogen (secondary N) is 1. The van der Waals surface area contributed by atoms with Gasteiger partial charge >= 0.3 is 0 Å². The quantitative estimate of drug-likeness (QED) is 0.801. The monoisotopic (exact) mass is 325 g/mol. The summed E-state index contributed by atoms with van der Waals surface area (Å²) < 4.78 is 9.55. The summed E-state index contributed by atoms with van der Waals surface area (Å²) >= 11 is 0. The van der Waals surface area contributed by atoms with Gasteiger partial charge in [-0.05, 0) is 18.6 Å². The largest absolute Gasteiger partial charge is 0.381 e. The smallest absolute Gasteiger partial charge is 0.137 e. The average Bonchev–Trinajstić information content (AvgIpc) is 3.15. The molecular formula is C18H23N5O. The zero-order valence-electron chi connectivity index (χ0n) is 14.1. The summed E-state index contributed by atoms with van der Waals surface area (Å²) in [4.78, 5) is 4.62. The van der Waals surface area contributed by atoms with Gasteiger partial charge in [0, 0.05) is 36.7 Å². The van der Waals surface area contributed by atoms with Gasteiger partial charge in [-0.3, -0.25) is 4.68 Å². The Bertz CT molecular complexity index is 802. The van der Waals surface area contributed by atoms with Crippen LogP contribution in [0.5, 0.6) is 0 Å². The van der Waals surface area contributed by atoms with E-state index in [1.807, 2.05) is 45.9 Å². The van der Waals surface area contributed by atoms with Crippen molar-refractivity contribution in [2.45, 2.75) is 32.9 Å². The third kappa shape index (κ3) is 3.01. The van der Waals surface area contributed by atoms with Crippen molar-refractivity contribution in [2.75, 3.05) is 18.5 Å². The molecule has 1 fully saturated rings. The second kappa shape index (κ2) is 5.94. The number of hydrogen-bond donors (Lipinski definition) is 1. The number of nitrogens with zero attached hydrogens (tertiary/aromatic N) is 4. The predicted octanol–water partition coefficient (Wildman–Crippen LogP) is 2.81. The Hall–Kier alpha value is -2.34. The highest BCUT2D eigenvalue weighted by Crippen LogP contribution is 2.30. The van der Waals surface area contributed by atoms with E-state index in [0.29, 0.717) is 12.6 Å². The molecule has 0 spiro atoms. The first-order valence-corrected chi connectivity index (χ1v) is 8.39. The Morgan fingerprint density at radius 1 is 1.33 bits per heavy atom. The zero-order chi connectivity index (χ0) is 16.6. The van der Waals surface area contributed by atoms with Gasteiger partial charge in [-0.25, -0.2) is 4.98 Å². The summed E-state index contributed by atoms with van der Waals surface area (Å²) in [5.41, 5.74) is 3.14. The van der Waals surface area contributed by atoms with Crippen molar-refractivity contribution in [1.29, 1.82) is 0 Å². The molecule has 0 aromatic carbocycles. The predicted molar refractivity (Wildman–Crippen MR) is 93.1 cm³/mol. The maximum atomic E-state index is 5.59. The Morgan fingerprint density at radius 3 is 3.08 bits per heavy atom. The lowest BCUT2D eigenvalue weighted by Crippen LogP contribution is -2.44. The fourth-order valence-electron chi connectivity index (χ4n) is 3.25. The summed E-state index contributed by atoms with van der Waals surface area (Å²) in [5, 5.41) is 8.08. The molecule has 0 amide bonds. The van der Waals surface area contributed by atoms with E-state index in [1.54, 1.807) is 0 Å². The van der Waals surface area contributed by atoms with E-state index < -0.39 is 0 Å². The summed E-state index contributed by atoms with van der Waals surface area (Å²) in [5.74, 6) is 0. The van der Waals surface area contributed by atoms with Gasteiger partial charge < -0.3 is 14.5 Å². The lowest BCUT2D eigenvalue weighted by molar-refractivity contribution is 0.00347. The Morgan fingerprint density at radius 2 is 2.25 bits per heavy atom. The Labute approximate surface area is 141 Å². The van der Waals surface area contributed by atoms with Crippen LogP contribution in [0.25, 0.3) is 5.65 Å². The molecular weight excluding hydrogens is 302 g/mol. The van der Waals surface area contributed by atoms with Gasteiger partial charge in [0.15, 0.2) is 0 Å². The third-order valence-corrected chi connectivity index (χ3v) is 4.68. The first-order chi connectivity index (χ1) is 11.6. The van der Waals surface area contributed by atoms with E-state index in [1.165, 1.54) is 0 Å². The Kier molecular flexibility index (Phi) is 3.76. The van der Waals surface area contributed by atoms with Crippen molar-refractivity contribution in [3.8, 4) is 0 Å². The molecule has 3 aromatic heterocycles. The topological polar surface area (TPSA) is 56.4 Å². The molecule has 0 saturated carbocycles. The molecule has 6 nitrogen and oxygen atoms in total. The minimum absolute atomic E-state index is 0.127. The van der Waals surface area contributed by atoms with Crippen molar-refractivity contribution in [2.24, 2.45) is 5.41 Å². The second-order valence-corrected chi connectivity index (χ2v) is 7.15. The number of ether oxygens (including phenoxy) is 1. The minimum Gasteiger partial charge on any atom is -0.381 e. The van der Waals surface area contributed by atoms with E-state index in [-0.39, 0.29) is 5.41 Å². The zero-order valence-corrected chi connectivity index (χ0v) is 14.1. The van der Waals surface area contributed by atoms with Crippen molar-refractivity contribution in [3.63, 3.8) is 0 Å². The number of rotatable bonds is 4. The van der Waals surface area contributed by atoms with Crippen molar-refractivity contribution in [3.05, 3.63) is 48.7 Å². The van der Waals surface area contributed by atoms with Crippen LogP contribution >= 0.6 is 0 Å². The summed E-state index contributed by atoms with van der Waals surface area (Å²) in [6.45, 7) is 6.76. The van der Waals surface area contributed by atoms with Crippen molar-refractivity contribution < 1.29 is 4.74 Å². The number of hydrogen-bond acceptors (Lipinski definition) is 4. The highest BCUT2D eigenvalue weighted by atomic mass is 16.5. The van der Waals surface area contributed by atoms with Crippen LogP contribution in [-0.4, -0.2) is 38.4 Å². The average molecular weight is 325 g/mol. The summed E-state index contributed by atoms with van der Waals surface area (Å²) in [6.07, 6.45) is 9.02. The molecule has 0 bridgehead atoms. The van der Waals surface area contributed by atoms with E-state index in [0.717, 1.165) is 36.7 Å². The van der Waals surface area contributed by atoms with Crippen molar-refractivity contribution >= 4 is 11.3 Å². The first-order valence-electron chi connectivity index (χ1n) is 8.39. The van der Waals surface area contributed by atoms with Crippen LogP contribution < -0.4 is 5.32 Å². The van der Waals surface area contributed by atoms with Crippen LogP contribution in [-0.2, 0) is 11.3 Å². The number of fused-ring (bicyclic) bond motifs is 1. The normalized spacial score (nSPS) is 20.3. The van der Waals surface area contributed by atoms with Gasteiger partial charge in [-0.1, -0.05) is 19.9 Å². The molecule has 24 heavy (non-hydrogen) atoms. The molecule has 1 N–H and O–H groups in total. The lowest BCUT2D eigenvalue weighted by atomic mass is 9.82. The molecule has 1 aliphatic heterocycles. The molecule has 0 radical (unpaired) electrons. The van der Waals surface area contributed by atoms with Gasteiger partial charge in [-0.2, -0.15) is 5.10 Å². The van der Waals surface area contributed by atoms with Crippen molar-refractivity contribution in [1.82, 2.24) is 19.2 Å². The van der Waals surface area contributed by atoms with Crippen LogP contribution in [0.3, 0.4) is 0 Å². The van der Waals surface area contributed by atoms with Crippen LogP contribution in [0.1, 0.15) is 26.0 Å². The van der Waals surface area contributed by atoms with Gasteiger partial charge in [0.1, 0.15) is 5.65 Å². The van der Waals surface area contributed by atoms with Crippen LogP contribution in [0, 0.1) is 5.41 Å². The first kappa shape index (κ1) is 15.2. The Balaban J connectivity index is 1.46. The lowest BCUT2D eigenvalue weighted by Gasteiger charge is -2.39. The molecule has 3 aromatic rings. The van der Waals surface area contributed by atoms with E-state index in [4.69, 9.17) is 4.74 Å². The SMILES string of the molecule is CC1(C)COCCC1Nc1cnn(Cc2cn3ccccc3n2)c1. The minimum atomic E-state index is 0.127. The number of imidazole rings is 1. The van der Waals surface area contributed by atoms with E-state index >= 15 is 0 Å². The molecule has 1 aliphatic rings. The standard InChI is InChI=1S/C18H23N5O/c1-18(2)13-24-8-6-16(18)20-14-9-19-23(11-14)12-15-10-22-7-4-3-5-17(22)21-15/h3-5,7,9-11,16,20H,6,8,12-13H2,1-2H3. The van der Waals surface area contributed by atoms with E-state index in [2.05, 4.69) is 35.4 Å². The fraction of sp³-hybridized carbons (Fsp3) is 0.444. The molecule has 4 rings (SSSR count). The molecule has 0 aliphatic carbocycles. The third-order valence-electron chi connectivity index (χ3n) is 4.68. The molecule has 1 unspecified atom stereocenters. The second-order valence-electron chi connectivity index (χ2n) is 7.15. The molecule has 4 heterocycles. The van der Waals surface area contributed by atoms with Crippen LogP contribution in [0.2, 0.25) is 0 Å². The van der Waals surface area contributed by atoms with Gasteiger partial charge in [0.05, 0.1) is 30.7 Å². The maximum Gasteiger partial charge on any atom is 0.137 e. The summed E-state index contributed by atoms with van der Waals surface area (Å²) in [6, 6.07) is 6.41. The number of anilines is 1. The molecule has 1 atom stereocenters. The number of pyridine rings is 1. The fourth-order valence-corrected chi connectivity index (χ4v) is 3.25. The van der Waals surface area contributed by atoms with Gasteiger partial charge in [0.25, 0.3) is 0 Å². The van der Waals surface area contributed by atoms with Gasteiger partial charge in [-0.15, -0.1) is 0 Å². The van der Waals surface area contributed by atoms with Crippen LogP contribution in [0.4, 0.5) is 5.69 Å². The van der Waals surface area contributed by atoms with Gasteiger partial charge in [0.2, 0.25) is 0 Å². The maximum absolute atomic E-state index is 5.59. The summed E-state index contributed by atoms with van der Waals surface area (Å²) in [7, 11) is 0. The van der Waals surface area contributed by atoms with E-state index in [9.17, 15) is 0 Å². The molecule has 6 heteroatoms. The number of aromatic nitrogens is 4.